The summed E-state index contributed by atoms with van der Waals surface area (Å²) in [6, 6.07) is 20.7. The number of aromatic amines is 2. The van der Waals surface area contributed by atoms with Gasteiger partial charge in [-0.25, -0.2) is 0 Å². The van der Waals surface area contributed by atoms with Crippen LogP contribution in [0, 0.1) is 0 Å². The Hall–Kier alpha value is -5.91. The lowest BCUT2D eigenvalue weighted by molar-refractivity contribution is -0.152. The molecule has 0 spiro atoms. The summed E-state index contributed by atoms with van der Waals surface area (Å²) < 4.78 is 5.57. The summed E-state index contributed by atoms with van der Waals surface area (Å²) in [6.07, 6.45) is 2.51. The molecular weight excluding hydrogens is 624 g/mol. The van der Waals surface area contributed by atoms with Gasteiger partial charge < -0.3 is 36.0 Å². The number of cyclic esters (lactones) is 1. The Balaban J connectivity index is 1.31. The number of hydrogen-bond donors (Lipinski definition) is 6. The van der Waals surface area contributed by atoms with Crippen molar-refractivity contribution in [2.75, 3.05) is 6.54 Å². The lowest BCUT2D eigenvalue weighted by Crippen LogP contribution is -2.60. The van der Waals surface area contributed by atoms with E-state index in [1.165, 1.54) is 6.92 Å². The second-order valence-corrected chi connectivity index (χ2v) is 12.2. The number of aromatic nitrogens is 2. The number of fused-ring (bicyclic) bond motifs is 2. The number of carbonyl (C=O) groups is 5. The van der Waals surface area contributed by atoms with E-state index in [2.05, 4.69) is 31.2 Å². The van der Waals surface area contributed by atoms with Gasteiger partial charge in [-0.3, -0.25) is 24.0 Å². The van der Waals surface area contributed by atoms with Gasteiger partial charge in [0.15, 0.2) is 0 Å². The smallest absolute Gasteiger partial charge is 0.307 e. The van der Waals surface area contributed by atoms with E-state index in [0.717, 1.165) is 38.5 Å². The molecule has 1 aliphatic rings. The van der Waals surface area contributed by atoms with Crippen LogP contribution in [0.5, 0.6) is 0 Å². The largest absolute Gasteiger partial charge is 0.460 e. The molecule has 2 unspecified atom stereocenters. The third kappa shape index (κ3) is 7.98. The Bertz CT molecular complexity index is 1980. The first-order chi connectivity index (χ1) is 23.7. The first-order valence-electron chi connectivity index (χ1n) is 16.3. The zero-order valence-corrected chi connectivity index (χ0v) is 27.0. The minimum Gasteiger partial charge on any atom is -0.460 e. The van der Waals surface area contributed by atoms with Gasteiger partial charge in [0.05, 0.1) is 12.8 Å². The highest BCUT2D eigenvalue weighted by Gasteiger charge is 2.35. The quantitative estimate of drug-likeness (QED) is 0.146. The molecule has 6 rings (SSSR count). The molecule has 3 heterocycles. The molecule has 1 saturated heterocycles. The van der Waals surface area contributed by atoms with Gasteiger partial charge in [-0.15, -0.1) is 0 Å². The Labute approximate surface area is 282 Å². The molecule has 0 aliphatic carbocycles. The summed E-state index contributed by atoms with van der Waals surface area (Å²) in [4.78, 5) is 74.0. The van der Waals surface area contributed by atoms with Crippen molar-refractivity contribution in [1.29, 1.82) is 0 Å². The predicted molar refractivity (Wildman–Crippen MR) is 183 cm³/mol. The van der Waals surface area contributed by atoms with E-state index < -0.39 is 53.8 Å². The fraction of sp³-hybridized carbons (Fsp3) is 0.270. The molecule has 1 aliphatic heterocycles. The Morgan fingerprint density at radius 2 is 1.29 bits per heavy atom. The molecular formula is C37H38N6O6. The van der Waals surface area contributed by atoms with Crippen molar-refractivity contribution in [2.24, 2.45) is 0 Å². The average molecular weight is 663 g/mol. The zero-order chi connectivity index (χ0) is 34.3. The molecule has 3 aromatic carbocycles. The van der Waals surface area contributed by atoms with Gasteiger partial charge >= 0.3 is 5.97 Å². The Morgan fingerprint density at radius 3 is 1.92 bits per heavy atom. The lowest BCUT2D eigenvalue weighted by Gasteiger charge is -2.28. The zero-order valence-electron chi connectivity index (χ0n) is 27.0. The van der Waals surface area contributed by atoms with Crippen LogP contribution >= 0.6 is 0 Å². The van der Waals surface area contributed by atoms with Gasteiger partial charge in [0.1, 0.15) is 24.2 Å². The molecule has 5 aromatic rings. The van der Waals surface area contributed by atoms with E-state index >= 15 is 0 Å². The van der Waals surface area contributed by atoms with Gasteiger partial charge in [-0.1, -0.05) is 66.7 Å². The molecule has 0 bridgehead atoms. The summed E-state index contributed by atoms with van der Waals surface area (Å²) in [5, 5.41) is 12.9. The van der Waals surface area contributed by atoms with Crippen LogP contribution in [-0.4, -0.2) is 70.3 Å². The van der Waals surface area contributed by atoms with Crippen LogP contribution in [0.3, 0.4) is 0 Å². The first-order valence-corrected chi connectivity index (χ1v) is 16.3. The Kier molecular flexibility index (Phi) is 10.0. The highest BCUT2D eigenvalue weighted by Crippen LogP contribution is 2.21. The van der Waals surface area contributed by atoms with Crippen LogP contribution in [0.25, 0.3) is 21.8 Å². The van der Waals surface area contributed by atoms with E-state index in [4.69, 9.17) is 4.74 Å². The molecule has 6 N–H and O–H groups in total. The lowest BCUT2D eigenvalue weighted by atomic mass is 10.0. The van der Waals surface area contributed by atoms with Crippen molar-refractivity contribution in [3.63, 3.8) is 0 Å². The summed E-state index contributed by atoms with van der Waals surface area (Å²) in [7, 11) is 0. The average Bonchev–Trinajstić information content (AvgIpc) is 3.70. The molecule has 49 heavy (non-hydrogen) atoms. The summed E-state index contributed by atoms with van der Waals surface area (Å²) >= 11 is 0. The first kappa shape index (κ1) is 33.0. The van der Waals surface area contributed by atoms with Gasteiger partial charge in [0.2, 0.25) is 23.6 Å². The van der Waals surface area contributed by atoms with Gasteiger partial charge in [0, 0.05) is 53.6 Å². The van der Waals surface area contributed by atoms with Crippen molar-refractivity contribution in [1.82, 2.24) is 31.2 Å². The maximum atomic E-state index is 14.1. The standard InChI is InChI=1S/C37H38N6O6/c1-22-34(43-32(44)17-23-9-3-2-4-10-23)37(48)42-31(19-25-21-40-29-14-8-6-12-27(25)29)36(47)41-30(35(46)38-16-15-33(45)49-22)18-24-20-39-28-13-7-5-11-26(24)28/h2-14,20-22,30-31,34,39-40H,15-19H2,1H3,(H,38,46)(H,41,47)(H,42,48)(H,43,44)/t22-,30?,31?,34+/m1/s1. The van der Waals surface area contributed by atoms with Crippen molar-refractivity contribution >= 4 is 51.4 Å². The number of ether oxygens (including phenoxy) is 1. The number of nitrogens with one attached hydrogen (secondary N) is 6. The van der Waals surface area contributed by atoms with Crippen molar-refractivity contribution in [3.8, 4) is 0 Å². The Morgan fingerprint density at radius 1 is 0.735 bits per heavy atom. The highest BCUT2D eigenvalue weighted by molar-refractivity contribution is 5.96. The third-order valence-corrected chi connectivity index (χ3v) is 8.69. The number of carbonyl (C=O) groups excluding carboxylic acids is 5. The number of benzene rings is 3. The molecule has 12 nitrogen and oxygen atoms in total. The summed E-state index contributed by atoms with van der Waals surface area (Å²) in [6.45, 7) is 1.45. The van der Waals surface area contributed by atoms with Crippen LogP contribution in [-0.2, 0) is 48.0 Å². The molecule has 1 fully saturated rings. The van der Waals surface area contributed by atoms with E-state index in [0.29, 0.717) is 0 Å². The molecule has 0 saturated carbocycles. The van der Waals surface area contributed by atoms with E-state index in [1.54, 1.807) is 36.7 Å². The van der Waals surface area contributed by atoms with Crippen LogP contribution in [0.4, 0.5) is 0 Å². The monoisotopic (exact) mass is 662 g/mol. The van der Waals surface area contributed by atoms with E-state index in [-0.39, 0.29) is 32.2 Å². The fourth-order valence-corrected chi connectivity index (χ4v) is 6.14. The minimum atomic E-state index is -1.31. The third-order valence-electron chi connectivity index (χ3n) is 8.69. The van der Waals surface area contributed by atoms with Gasteiger partial charge in [-0.2, -0.15) is 0 Å². The summed E-state index contributed by atoms with van der Waals surface area (Å²) in [5.74, 6) is -2.91. The molecule has 4 amide bonds. The second-order valence-electron chi connectivity index (χ2n) is 12.2. The molecule has 4 atom stereocenters. The number of H-pyrrole nitrogens is 2. The van der Waals surface area contributed by atoms with Gasteiger partial charge in [-0.05, 0) is 35.7 Å². The number of amides is 4. The topological polar surface area (TPSA) is 174 Å². The number of rotatable bonds is 7. The normalized spacial score (nSPS) is 20.9. The molecule has 0 radical (unpaired) electrons. The van der Waals surface area contributed by atoms with Crippen LogP contribution in [0.2, 0.25) is 0 Å². The van der Waals surface area contributed by atoms with Crippen LogP contribution in [0.1, 0.15) is 30.0 Å². The van der Waals surface area contributed by atoms with Gasteiger partial charge in [0.25, 0.3) is 0 Å². The predicted octanol–water partition coefficient (Wildman–Crippen LogP) is 2.58. The highest BCUT2D eigenvalue weighted by atomic mass is 16.5. The number of esters is 1. The maximum absolute atomic E-state index is 14.1. The SMILES string of the molecule is C[C@H]1OC(=O)CCNC(=O)C(Cc2c[nH]c3ccccc23)NC(=O)C(Cc2c[nH]c3ccccc23)NC(=O)[C@H]1NC(=O)Cc1ccccc1. The summed E-state index contributed by atoms with van der Waals surface area (Å²) in [5.41, 5.74) is 4.04. The number of para-hydroxylation sites is 2. The van der Waals surface area contributed by atoms with E-state index in [1.807, 2.05) is 54.6 Å². The van der Waals surface area contributed by atoms with Crippen molar-refractivity contribution in [2.45, 2.75) is 56.8 Å². The fourth-order valence-electron chi connectivity index (χ4n) is 6.14. The molecule has 252 valence electrons. The van der Waals surface area contributed by atoms with Crippen molar-refractivity contribution in [3.05, 3.63) is 108 Å². The van der Waals surface area contributed by atoms with Crippen molar-refractivity contribution < 1.29 is 28.7 Å². The molecule has 12 heteroatoms. The minimum absolute atomic E-state index is 0.00785. The van der Waals surface area contributed by atoms with Crippen LogP contribution in [0.15, 0.2) is 91.3 Å². The molecule has 2 aromatic heterocycles. The van der Waals surface area contributed by atoms with E-state index in [9.17, 15) is 24.0 Å². The number of hydrogen-bond acceptors (Lipinski definition) is 6. The second kappa shape index (κ2) is 14.9. The maximum Gasteiger partial charge on any atom is 0.307 e. The van der Waals surface area contributed by atoms with Crippen LogP contribution < -0.4 is 21.3 Å².